The number of benzene rings is 2. The molecule has 8 heteroatoms. The minimum absolute atomic E-state index is 0.107. The van der Waals surface area contributed by atoms with Crippen molar-refractivity contribution in [3.8, 4) is 0 Å². The van der Waals surface area contributed by atoms with Crippen LogP contribution in [0, 0.1) is 20.8 Å². The standard InChI is InChI=1S/C19H19ClN4OS2/c1-11-6-4-8-15(12(11)2)22-18-23-24-19(27-18)26-10-17(25)21-16-9-5-7-14(20)13(16)3/h4-9H,10H2,1-3H3,(H,21,25)(H,22,23). The highest BCUT2D eigenvalue weighted by atomic mass is 35.5. The van der Waals surface area contributed by atoms with Crippen LogP contribution in [0.15, 0.2) is 40.7 Å². The molecular weight excluding hydrogens is 400 g/mol. The molecule has 2 aromatic carbocycles. The molecular formula is C19H19ClN4OS2. The molecule has 0 spiro atoms. The Morgan fingerprint density at radius 1 is 1.07 bits per heavy atom. The molecule has 1 aromatic heterocycles. The van der Waals surface area contributed by atoms with Crippen molar-refractivity contribution < 1.29 is 4.79 Å². The second-order valence-corrected chi connectivity index (χ2v) is 8.60. The van der Waals surface area contributed by atoms with E-state index in [-0.39, 0.29) is 11.7 Å². The lowest BCUT2D eigenvalue weighted by Gasteiger charge is -2.08. The first kappa shape index (κ1) is 19.7. The summed E-state index contributed by atoms with van der Waals surface area (Å²) in [4.78, 5) is 12.2. The molecule has 0 fully saturated rings. The normalized spacial score (nSPS) is 10.7. The topological polar surface area (TPSA) is 66.9 Å². The second-order valence-electron chi connectivity index (χ2n) is 5.99. The van der Waals surface area contributed by atoms with E-state index >= 15 is 0 Å². The number of carbonyl (C=O) groups is 1. The van der Waals surface area contributed by atoms with Gasteiger partial charge in [0, 0.05) is 16.4 Å². The Morgan fingerprint density at radius 3 is 2.63 bits per heavy atom. The lowest BCUT2D eigenvalue weighted by atomic mass is 10.1. The Hall–Kier alpha value is -2.09. The van der Waals surface area contributed by atoms with Gasteiger partial charge in [-0.15, -0.1) is 10.2 Å². The number of aromatic nitrogens is 2. The third-order valence-electron chi connectivity index (χ3n) is 4.12. The average Bonchev–Trinajstić information content (AvgIpc) is 3.09. The van der Waals surface area contributed by atoms with E-state index < -0.39 is 0 Å². The third kappa shape index (κ3) is 5.00. The third-order valence-corrected chi connectivity index (χ3v) is 6.50. The molecule has 27 heavy (non-hydrogen) atoms. The van der Waals surface area contributed by atoms with Crippen molar-refractivity contribution in [3.05, 3.63) is 58.1 Å². The van der Waals surface area contributed by atoms with Crippen LogP contribution in [0.25, 0.3) is 0 Å². The maximum Gasteiger partial charge on any atom is 0.234 e. The molecule has 0 aliphatic heterocycles. The summed E-state index contributed by atoms with van der Waals surface area (Å²) in [6.07, 6.45) is 0. The summed E-state index contributed by atoms with van der Waals surface area (Å²) in [6, 6.07) is 11.5. The van der Waals surface area contributed by atoms with E-state index in [0.29, 0.717) is 10.2 Å². The zero-order valence-corrected chi connectivity index (χ0v) is 17.6. The molecule has 5 nitrogen and oxygen atoms in total. The van der Waals surface area contributed by atoms with Gasteiger partial charge >= 0.3 is 0 Å². The number of anilines is 3. The van der Waals surface area contributed by atoms with Crippen molar-refractivity contribution in [3.63, 3.8) is 0 Å². The SMILES string of the molecule is Cc1cccc(Nc2nnc(SCC(=O)Nc3cccc(Cl)c3C)s2)c1C. The number of halogens is 1. The lowest BCUT2D eigenvalue weighted by molar-refractivity contribution is -0.113. The van der Waals surface area contributed by atoms with E-state index in [0.717, 1.165) is 21.3 Å². The Morgan fingerprint density at radius 2 is 1.81 bits per heavy atom. The Bertz CT molecular complexity index is 974. The summed E-state index contributed by atoms with van der Waals surface area (Å²) >= 11 is 8.86. The van der Waals surface area contributed by atoms with E-state index in [2.05, 4.69) is 40.7 Å². The van der Waals surface area contributed by atoms with Gasteiger partial charge in [0.2, 0.25) is 11.0 Å². The Labute approximate surface area is 171 Å². The Kier molecular flexibility index (Phi) is 6.36. The summed E-state index contributed by atoms with van der Waals surface area (Å²) < 4.78 is 0.737. The van der Waals surface area contributed by atoms with E-state index in [9.17, 15) is 4.79 Å². The van der Waals surface area contributed by atoms with Gasteiger partial charge in [-0.05, 0) is 55.7 Å². The molecule has 1 heterocycles. The fraction of sp³-hybridized carbons (Fsp3) is 0.211. The lowest BCUT2D eigenvalue weighted by Crippen LogP contribution is -2.14. The summed E-state index contributed by atoms with van der Waals surface area (Å²) in [5.74, 6) is 0.147. The van der Waals surface area contributed by atoms with Crippen LogP contribution >= 0.6 is 34.7 Å². The first-order valence-electron chi connectivity index (χ1n) is 8.28. The van der Waals surface area contributed by atoms with Gasteiger partial charge in [0.25, 0.3) is 0 Å². The molecule has 3 rings (SSSR count). The van der Waals surface area contributed by atoms with Gasteiger partial charge in [0.05, 0.1) is 5.75 Å². The highest BCUT2D eigenvalue weighted by Gasteiger charge is 2.11. The summed E-state index contributed by atoms with van der Waals surface area (Å²) in [7, 11) is 0. The van der Waals surface area contributed by atoms with Crippen LogP contribution < -0.4 is 10.6 Å². The van der Waals surface area contributed by atoms with E-state index in [1.54, 1.807) is 6.07 Å². The number of thioether (sulfide) groups is 1. The molecule has 0 bridgehead atoms. The largest absolute Gasteiger partial charge is 0.330 e. The molecule has 0 saturated heterocycles. The Balaban J connectivity index is 1.57. The minimum atomic E-state index is -0.107. The molecule has 0 saturated carbocycles. The number of nitrogens with zero attached hydrogens (tertiary/aromatic N) is 2. The van der Waals surface area contributed by atoms with E-state index in [1.165, 1.54) is 34.2 Å². The molecule has 2 N–H and O–H groups in total. The van der Waals surface area contributed by atoms with Crippen molar-refractivity contribution in [2.24, 2.45) is 0 Å². The highest BCUT2D eigenvalue weighted by molar-refractivity contribution is 8.01. The van der Waals surface area contributed by atoms with Gasteiger partial charge in [-0.25, -0.2) is 0 Å². The second kappa shape index (κ2) is 8.73. The van der Waals surface area contributed by atoms with Crippen molar-refractivity contribution in [2.45, 2.75) is 25.1 Å². The predicted molar refractivity (Wildman–Crippen MR) is 115 cm³/mol. The highest BCUT2D eigenvalue weighted by Crippen LogP contribution is 2.30. The van der Waals surface area contributed by atoms with Crippen LogP contribution in [-0.2, 0) is 4.79 Å². The predicted octanol–water partition coefficient (Wildman–Crippen LogP) is 5.59. The van der Waals surface area contributed by atoms with Crippen molar-refractivity contribution in [1.82, 2.24) is 10.2 Å². The van der Waals surface area contributed by atoms with Crippen LogP contribution in [0.4, 0.5) is 16.5 Å². The molecule has 0 atom stereocenters. The van der Waals surface area contributed by atoms with Crippen LogP contribution in [0.5, 0.6) is 0 Å². The minimum Gasteiger partial charge on any atom is -0.330 e. The van der Waals surface area contributed by atoms with Crippen LogP contribution in [0.2, 0.25) is 5.02 Å². The van der Waals surface area contributed by atoms with Gasteiger partial charge in [-0.2, -0.15) is 0 Å². The van der Waals surface area contributed by atoms with Gasteiger partial charge in [-0.3, -0.25) is 4.79 Å². The molecule has 1 amide bonds. The number of amides is 1. The van der Waals surface area contributed by atoms with Gasteiger partial charge < -0.3 is 10.6 Å². The zero-order chi connectivity index (χ0) is 19.4. The number of aryl methyl sites for hydroxylation is 1. The van der Waals surface area contributed by atoms with Crippen LogP contribution in [-0.4, -0.2) is 21.9 Å². The van der Waals surface area contributed by atoms with E-state index in [1.807, 2.05) is 31.2 Å². The molecule has 3 aromatic rings. The smallest absolute Gasteiger partial charge is 0.234 e. The van der Waals surface area contributed by atoms with Crippen LogP contribution in [0.3, 0.4) is 0 Å². The fourth-order valence-corrected chi connectivity index (χ4v) is 4.12. The zero-order valence-electron chi connectivity index (χ0n) is 15.2. The monoisotopic (exact) mass is 418 g/mol. The molecule has 0 aliphatic rings. The number of hydrogen-bond acceptors (Lipinski definition) is 6. The van der Waals surface area contributed by atoms with Crippen LogP contribution in [0.1, 0.15) is 16.7 Å². The number of carbonyl (C=O) groups excluding carboxylic acids is 1. The maximum atomic E-state index is 12.2. The first-order valence-corrected chi connectivity index (χ1v) is 10.5. The van der Waals surface area contributed by atoms with Crippen molar-refractivity contribution >= 4 is 57.1 Å². The molecule has 0 unspecified atom stereocenters. The quantitative estimate of drug-likeness (QED) is 0.510. The first-order chi connectivity index (χ1) is 12.9. The molecule has 0 aliphatic carbocycles. The fourth-order valence-electron chi connectivity index (χ4n) is 2.38. The summed E-state index contributed by atoms with van der Waals surface area (Å²) in [5, 5.41) is 15.8. The van der Waals surface area contributed by atoms with Crippen molar-refractivity contribution in [1.29, 1.82) is 0 Å². The number of rotatable bonds is 6. The summed E-state index contributed by atoms with van der Waals surface area (Å²) in [6.45, 7) is 6.01. The van der Waals surface area contributed by atoms with Gasteiger partial charge in [0.15, 0.2) is 4.34 Å². The van der Waals surface area contributed by atoms with Gasteiger partial charge in [0.1, 0.15) is 0 Å². The van der Waals surface area contributed by atoms with Crippen molar-refractivity contribution in [2.75, 3.05) is 16.4 Å². The number of hydrogen-bond donors (Lipinski definition) is 2. The van der Waals surface area contributed by atoms with Gasteiger partial charge in [-0.1, -0.05) is 52.9 Å². The maximum absolute atomic E-state index is 12.2. The van der Waals surface area contributed by atoms with E-state index in [4.69, 9.17) is 11.6 Å². The number of nitrogens with one attached hydrogen (secondary N) is 2. The summed E-state index contributed by atoms with van der Waals surface area (Å²) in [5.41, 5.74) is 4.98. The molecule has 140 valence electrons. The average molecular weight is 419 g/mol. The molecule has 0 radical (unpaired) electrons.